The Morgan fingerprint density at radius 3 is 2.88 bits per heavy atom. The second-order valence-corrected chi connectivity index (χ2v) is 6.16. The van der Waals surface area contributed by atoms with Gasteiger partial charge in [-0.25, -0.2) is 13.8 Å². The van der Waals surface area contributed by atoms with Crippen LogP contribution in [0.1, 0.15) is 29.4 Å². The van der Waals surface area contributed by atoms with Gasteiger partial charge in [0, 0.05) is 24.1 Å². The van der Waals surface area contributed by atoms with Crippen LogP contribution in [0.4, 0.5) is 14.5 Å². The first kappa shape index (κ1) is 17.9. The van der Waals surface area contributed by atoms with Crippen molar-refractivity contribution in [3.05, 3.63) is 59.4 Å². The minimum absolute atomic E-state index is 0.187. The number of amidine groups is 1. The monoisotopic (exact) mass is 360 g/mol. The van der Waals surface area contributed by atoms with Crippen LogP contribution in [0.25, 0.3) is 0 Å². The van der Waals surface area contributed by atoms with E-state index in [1.54, 1.807) is 6.92 Å². The van der Waals surface area contributed by atoms with Crippen LogP contribution >= 0.6 is 0 Å². The van der Waals surface area contributed by atoms with E-state index in [1.807, 2.05) is 0 Å². The molecule has 0 saturated carbocycles. The number of carbonyl (C=O) groups is 1. The lowest BCUT2D eigenvalue weighted by molar-refractivity contribution is 0.101. The van der Waals surface area contributed by atoms with Gasteiger partial charge in [0.25, 0.3) is 5.91 Å². The molecule has 8 heteroatoms. The zero-order valence-electron chi connectivity index (χ0n) is 14.1. The Bertz CT molecular complexity index is 872. The molecule has 1 aromatic heterocycles. The van der Waals surface area contributed by atoms with Gasteiger partial charge in [-0.15, -0.1) is 0 Å². The first-order chi connectivity index (χ1) is 12.4. The highest BCUT2D eigenvalue weighted by atomic mass is 19.1. The summed E-state index contributed by atoms with van der Waals surface area (Å²) in [5, 5.41) is 2.53. The quantitative estimate of drug-likeness (QED) is 0.880. The number of hydrogen-bond donors (Lipinski definition) is 2. The maximum atomic E-state index is 14.4. The third-order valence-corrected chi connectivity index (χ3v) is 4.15. The number of benzene rings is 1. The fourth-order valence-electron chi connectivity index (χ4n) is 2.81. The summed E-state index contributed by atoms with van der Waals surface area (Å²) in [5.41, 5.74) is 5.10. The summed E-state index contributed by atoms with van der Waals surface area (Å²) in [6.45, 7) is 2.30. The zero-order chi connectivity index (χ0) is 18.7. The Kier molecular flexibility index (Phi) is 4.94. The normalized spacial score (nSPS) is 20.2. The number of halogens is 2. The highest BCUT2D eigenvalue weighted by Gasteiger charge is 2.31. The minimum Gasteiger partial charge on any atom is -0.386 e. The molecule has 136 valence electrons. The van der Waals surface area contributed by atoms with Gasteiger partial charge in [-0.1, -0.05) is 0 Å². The summed E-state index contributed by atoms with van der Waals surface area (Å²) >= 11 is 0. The largest absolute Gasteiger partial charge is 0.386 e. The molecule has 0 radical (unpaired) electrons. The number of nitrogens with zero attached hydrogens (tertiary/aromatic N) is 2. The van der Waals surface area contributed by atoms with Gasteiger partial charge in [0.1, 0.15) is 18.3 Å². The van der Waals surface area contributed by atoms with E-state index in [-0.39, 0.29) is 23.7 Å². The van der Waals surface area contributed by atoms with Crippen LogP contribution in [-0.2, 0) is 10.3 Å². The molecule has 26 heavy (non-hydrogen) atoms. The van der Waals surface area contributed by atoms with Crippen molar-refractivity contribution >= 4 is 17.4 Å². The van der Waals surface area contributed by atoms with Gasteiger partial charge in [0.05, 0.1) is 5.54 Å². The Hall–Kier alpha value is -2.87. The summed E-state index contributed by atoms with van der Waals surface area (Å²) in [4.78, 5) is 20.3. The Balaban J connectivity index is 1.92. The number of aliphatic imine (C=N–C) groups is 1. The third kappa shape index (κ3) is 3.70. The average molecular weight is 360 g/mol. The van der Waals surface area contributed by atoms with Crippen LogP contribution in [0, 0.1) is 11.6 Å². The van der Waals surface area contributed by atoms with Crippen molar-refractivity contribution in [1.29, 1.82) is 0 Å². The van der Waals surface area contributed by atoms with Gasteiger partial charge >= 0.3 is 0 Å². The number of carbonyl (C=O) groups excluding carboxylic acids is 1. The zero-order valence-corrected chi connectivity index (χ0v) is 14.1. The number of hydrogen-bond acceptors (Lipinski definition) is 5. The van der Waals surface area contributed by atoms with E-state index in [2.05, 4.69) is 15.3 Å². The van der Waals surface area contributed by atoms with E-state index in [0.717, 1.165) is 6.07 Å². The predicted octanol–water partition coefficient (Wildman–Crippen LogP) is 2.60. The number of aromatic nitrogens is 1. The van der Waals surface area contributed by atoms with Gasteiger partial charge in [-0.2, -0.15) is 0 Å². The van der Waals surface area contributed by atoms with E-state index in [0.29, 0.717) is 18.7 Å². The van der Waals surface area contributed by atoms with Gasteiger partial charge in [-0.05, 0) is 43.7 Å². The number of ether oxygens (including phenoxy) is 1. The van der Waals surface area contributed by atoms with Crippen molar-refractivity contribution in [2.75, 3.05) is 18.5 Å². The van der Waals surface area contributed by atoms with Crippen LogP contribution in [0.15, 0.2) is 41.5 Å². The minimum atomic E-state index is -0.929. The molecular weight excluding hydrogens is 342 g/mol. The standard InChI is InChI=1S/C18H18F2N4O2/c1-18(6-8-26-10-15(21)24-18)12-9-11(4-5-13(12)19)23-17(25)16-14(20)3-2-7-22-16/h2-5,7,9H,6,8,10H2,1H3,(H2,21,24)(H,23,25). The number of nitrogens with one attached hydrogen (secondary N) is 1. The van der Waals surface area contributed by atoms with Gasteiger partial charge in [-0.3, -0.25) is 9.79 Å². The summed E-state index contributed by atoms with van der Waals surface area (Å²) in [7, 11) is 0. The third-order valence-electron chi connectivity index (χ3n) is 4.15. The lowest BCUT2D eigenvalue weighted by Crippen LogP contribution is -2.26. The highest BCUT2D eigenvalue weighted by molar-refractivity contribution is 6.03. The molecule has 3 rings (SSSR count). The van der Waals surface area contributed by atoms with Crippen LogP contribution in [-0.4, -0.2) is 29.9 Å². The molecule has 1 atom stereocenters. The van der Waals surface area contributed by atoms with Crippen LogP contribution in [0.2, 0.25) is 0 Å². The van der Waals surface area contributed by atoms with Crippen molar-refractivity contribution in [1.82, 2.24) is 4.98 Å². The first-order valence-corrected chi connectivity index (χ1v) is 8.03. The van der Waals surface area contributed by atoms with E-state index in [4.69, 9.17) is 10.5 Å². The molecule has 0 aliphatic carbocycles. The van der Waals surface area contributed by atoms with Crippen molar-refractivity contribution < 1.29 is 18.3 Å². The fourth-order valence-corrected chi connectivity index (χ4v) is 2.81. The SMILES string of the molecule is CC1(c2cc(NC(=O)c3ncccc3F)ccc2F)CCOCC(N)=N1. The Morgan fingerprint density at radius 2 is 2.12 bits per heavy atom. The molecule has 0 spiro atoms. The van der Waals surface area contributed by atoms with Crippen molar-refractivity contribution in [2.24, 2.45) is 10.7 Å². The molecule has 1 aliphatic rings. The molecule has 0 saturated heterocycles. The molecule has 0 bridgehead atoms. The second-order valence-electron chi connectivity index (χ2n) is 6.16. The molecule has 2 aromatic rings. The maximum absolute atomic E-state index is 14.4. The van der Waals surface area contributed by atoms with Gasteiger partial charge in [0.15, 0.2) is 11.5 Å². The number of pyridine rings is 1. The topological polar surface area (TPSA) is 89.6 Å². The molecule has 2 heterocycles. The fraction of sp³-hybridized carbons (Fsp3) is 0.278. The molecule has 1 unspecified atom stereocenters. The van der Waals surface area contributed by atoms with Gasteiger partial charge in [0.2, 0.25) is 0 Å². The molecule has 0 fully saturated rings. The lowest BCUT2D eigenvalue weighted by atomic mass is 9.88. The Morgan fingerprint density at radius 1 is 1.31 bits per heavy atom. The Labute approximate surface area is 149 Å². The predicted molar refractivity (Wildman–Crippen MR) is 93.0 cm³/mol. The number of rotatable bonds is 3. The van der Waals surface area contributed by atoms with Crippen LogP contribution in [0.5, 0.6) is 0 Å². The highest BCUT2D eigenvalue weighted by Crippen LogP contribution is 2.34. The van der Waals surface area contributed by atoms with E-state index in [9.17, 15) is 13.6 Å². The number of nitrogens with two attached hydrogens (primary N) is 1. The summed E-state index contributed by atoms with van der Waals surface area (Å²) in [5.74, 6) is -1.67. The molecule has 3 N–H and O–H groups in total. The van der Waals surface area contributed by atoms with E-state index < -0.39 is 23.1 Å². The number of amides is 1. The molecule has 1 amide bonds. The average Bonchev–Trinajstić information content (AvgIpc) is 2.78. The first-order valence-electron chi connectivity index (χ1n) is 8.03. The molecule has 1 aliphatic heterocycles. The van der Waals surface area contributed by atoms with E-state index in [1.165, 1.54) is 30.5 Å². The lowest BCUT2D eigenvalue weighted by Gasteiger charge is -2.25. The summed E-state index contributed by atoms with van der Waals surface area (Å²) in [6.07, 6.45) is 1.75. The molecular formula is C18H18F2N4O2. The molecule has 1 aromatic carbocycles. The van der Waals surface area contributed by atoms with Gasteiger partial charge < -0.3 is 15.8 Å². The number of anilines is 1. The van der Waals surface area contributed by atoms with Crippen LogP contribution < -0.4 is 11.1 Å². The smallest absolute Gasteiger partial charge is 0.277 e. The summed E-state index contributed by atoms with van der Waals surface area (Å²) < 4.78 is 33.5. The van der Waals surface area contributed by atoms with Crippen molar-refractivity contribution in [3.63, 3.8) is 0 Å². The molecule has 6 nitrogen and oxygen atoms in total. The van der Waals surface area contributed by atoms with Crippen molar-refractivity contribution in [2.45, 2.75) is 18.9 Å². The summed E-state index contributed by atoms with van der Waals surface area (Å²) in [6, 6.07) is 6.61. The maximum Gasteiger partial charge on any atom is 0.277 e. The van der Waals surface area contributed by atoms with E-state index >= 15 is 0 Å². The van der Waals surface area contributed by atoms with Crippen molar-refractivity contribution in [3.8, 4) is 0 Å². The van der Waals surface area contributed by atoms with Crippen LogP contribution in [0.3, 0.4) is 0 Å². The second kappa shape index (κ2) is 7.17.